The molecule has 38 heavy (non-hydrogen) atoms. The Hall–Kier alpha value is -1.89. The molecule has 0 aliphatic heterocycles. The van der Waals surface area contributed by atoms with Crippen LogP contribution in [-0.2, 0) is 14.4 Å². The summed E-state index contributed by atoms with van der Waals surface area (Å²) < 4.78 is 0.559. The highest BCUT2D eigenvalue weighted by Crippen LogP contribution is 2.17. The number of unbranched alkanes of at least 4 members (excludes halogenated alkanes) is 14. The van der Waals surface area contributed by atoms with Crippen LogP contribution in [0.5, 0.6) is 0 Å². The van der Waals surface area contributed by atoms with Gasteiger partial charge in [0, 0.05) is 19.3 Å². The third-order valence-corrected chi connectivity index (χ3v) is 7.45. The lowest BCUT2D eigenvalue weighted by Crippen LogP contribution is -2.50. The molecule has 0 rings (SSSR count). The smallest absolute Gasteiger partial charge is 0.303 e. The Balaban J connectivity index is 4.30. The van der Waals surface area contributed by atoms with Gasteiger partial charge in [-0.3, -0.25) is 14.4 Å². The lowest BCUT2D eigenvalue weighted by atomic mass is 10.0. The van der Waals surface area contributed by atoms with Crippen LogP contribution in [0.25, 0.3) is 0 Å². The molecule has 0 aromatic rings. The van der Waals surface area contributed by atoms with Crippen LogP contribution in [0.4, 0.5) is 0 Å². The van der Waals surface area contributed by atoms with Gasteiger partial charge < -0.3 is 19.8 Å². The molecule has 0 bridgehead atoms. The standard InChI is InChI=1S/C31H57NO6/c1-2-3-4-5-6-7-8-9-10-11-12-13-14-15-16-17-18-25-32(26-19-22-29(33)34,27-20-23-30(35)36)28-21-24-31(37)38/h17-18H,2-16,19-28H2,1H3,(H2-,33,34,35,36,37,38)/p+1/b18-17+. The van der Waals surface area contributed by atoms with Crippen LogP contribution in [-0.4, -0.2) is 63.9 Å². The normalized spacial score (nSPS) is 11.8. The number of rotatable bonds is 29. The van der Waals surface area contributed by atoms with Crippen molar-refractivity contribution in [3.8, 4) is 0 Å². The summed E-state index contributed by atoms with van der Waals surface area (Å²) in [6.07, 6.45) is 25.8. The minimum absolute atomic E-state index is 0.0701. The van der Waals surface area contributed by atoms with Gasteiger partial charge in [0.25, 0.3) is 0 Å². The second-order valence-electron chi connectivity index (χ2n) is 11.0. The zero-order chi connectivity index (χ0) is 28.3. The Morgan fingerprint density at radius 3 is 1.18 bits per heavy atom. The molecule has 0 spiro atoms. The van der Waals surface area contributed by atoms with Crippen molar-refractivity contribution < 1.29 is 34.2 Å². The van der Waals surface area contributed by atoms with E-state index in [2.05, 4.69) is 19.1 Å². The van der Waals surface area contributed by atoms with Gasteiger partial charge in [-0.2, -0.15) is 0 Å². The molecule has 7 heteroatoms. The van der Waals surface area contributed by atoms with E-state index in [1.165, 1.54) is 83.5 Å². The fourth-order valence-electron chi connectivity index (χ4n) is 5.18. The highest BCUT2D eigenvalue weighted by Gasteiger charge is 2.26. The van der Waals surface area contributed by atoms with Crippen molar-refractivity contribution >= 4 is 17.9 Å². The molecule has 7 nitrogen and oxygen atoms in total. The first kappa shape index (κ1) is 36.1. The molecule has 0 radical (unpaired) electrons. The number of carbonyl (C=O) groups is 3. The van der Waals surface area contributed by atoms with E-state index in [-0.39, 0.29) is 19.3 Å². The summed E-state index contributed by atoms with van der Waals surface area (Å²) in [6.45, 7) is 4.81. The number of carboxylic acid groups (broad SMARTS) is 3. The van der Waals surface area contributed by atoms with Gasteiger partial charge in [-0.15, -0.1) is 0 Å². The maximum absolute atomic E-state index is 11.0. The molecule has 0 aromatic heterocycles. The van der Waals surface area contributed by atoms with E-state index in [1.54, 1.807) is 0 Å². The SMILES string of the molecule is CCCCCCCCCCCCCCCC/C=C/C[N+](CCCC(=O)O)(CCCC(=O)O)CCCC(=O)O. The number of carboxylic acids is 3. The van der Waals surface area contributed by atoms with Gasteiger partial charge in [0.2, 0.25) is 0 Å². The van der Waals surface area contributed by atoms with Crippen LogP contribution in [0, 0.1) is 0 Å². The Morgan fingerprint density at radius 2 is 0.842 bits per heavy atom. The maximum Gasteiger partial charge on any atom is 0.303 e. The fraction of sp³-hybridized carbons (Fsp3) is 0.839. The maximum atomic E-state index is 11.0. The first-order chi connectivity index (χ1) is 18.3. The molecule has 0 atom stereocenters. The van der Waals surface area contributed by atoms with Crippen molar-refractivity contribution in [1.29, 1.82) is 0 Å². The quantitative estimate of drug-likeness (QED) is 0.0506. The first-order valence-electron chi connectivity index (χ1n) is 15.5. The largest absolute Gasteiger partial charge is 0.481 e. The van der Waals surface area contributed by atoms with Gasteiger partial charge in [-0.25, -0.2) is 0 Å². The average Bonchev–Trinajstić information content (AvgIpc) is 2.85. The number of aliphatic carboxylic acids is 3. The lowest BCUT2D eigenvalue weighted by molar-refractivity contribution is -0.923. The Bertz CT molecular complexity index is 584. The van der Waals surface area contributed by atoms with Crippen LogP contribution in [0.2, 0.25) is 0 Å². The van der Waals surface area contributed by atoms with Crippen LogP contribution >= 0.6 is 0 Å². The van der Waals surface area contributed by atoms with Crippen molar-refractivity contribution in [3.05, 3.63) is 12.2 Å². The molecule has 0 aliphatic carbocycles. The molecule has 0 heterocycles. The van der Waals surface area contributed by atoms with E-state index < -0.39 is 17.9 Å². The van der Waals surface area contributed by atoms with E-state index in [9.17, 15) is 14.4 Å². The summed E-state index contributed by atoms with van der Waals surface area (Å²) in [5.41, 5.74) is 0. The summed E-state index contributed by atoms with van der Waals surface area (Å²) in [5.74, 6) is -2.52. The van der Waals surface area contributed by atoms with E-state index >= 15 is 0 Å². The minimum atomic E-state index is -0.840. The van der Waals surface area contributed by atoms with Gasteiger partial charge in [0.1, 0.15) is 0 Å². The van der Waals surface area contributed by atoms with Crippen LogP contribution in [0.1, 0.15) is 142 Å². The fourth-order valence-corrected chi connectivity index (χ4v) is 5.18. The van der Waals surface area contributed by atoms with Gasteiger partial charge in [-0.05, 0) is 18.9 Å². The molecule has 0 aliphatic rings. The van der Waals surface area contributed by atoms with E-state index in [4.69, 9.17) is 15.3 Å². The second-order valence-corrected chi connectivity index (χ2v) is 11.0. The number of hydrogen-bond acceptors (Lipinski definition) is 3. The molecule has 0 aromatic carbocycles. The predicted octanol–water partition coefficient (Wildman–Crippen LogP) is 7.83. The molecule has 0 saturated carbocycles. The zero-order valence-electron chi connectivity index (χ0n) is 24.3. The van der Waals surface area contributed by atoms with Crippen LogP contribution < -0.4 is 0 Å². The van der Waals surface area contributed by atoms with E-state index in [0.717, 1.165) is 12.8 Å². The molecule has 0 unspecified atom stereocenters. The van der Waals surface area contributed by atoms with Crippen molar-refractivity contribution in [3.63, 3.8) is 0 Å². The summed E-state index contributed by atoms with van der Waals surface area (Å²) >= 11 is 0. The van der Waals surface area contributed by atoms with Gasteiger partial charge >= 0.3 is 17.9 Å². The molecule has 222 valence electrons. The Labute approximate surface area is 232 Å². The zero-order valence-corrected chi connectivity index (χ0v) is 24.3. The van der Waals surface area contributed by atoms with Gasteiger partial charge in [0.15, 0.2) is 0 Å². The topological polar surface area (TPSA) is 112 Å². The first-order valence-corrected chi connectivity index (χ1v) is 15.5. The number of nitrogens with zero attached hydrogens (tertiary/aromatic N) is 1. The van der Waals surface area contributed by atoms with Crippen molar-refractivity contribution in [2.45, 2.75) is 142 Å². The van der Waals surface area contributed by atoms with E-state index in [0.29, 0.717) is 49.9 Å². The molecule has 0 amide bonds. The van der Waals surface area contributed by atoms with Gasteiger partial charge in [-0.1, -0.05) is 96.5 Å². The highest BCUT2D eigenvalue weighted by molar-refractivity contribution is 5.67. The summed E-state index contributed by atoms with van der Waals surface area (Å²) in [5, 5.41) is 27.2. The molecular formula is C31H58NO6+. The number of hydrogen-bond donors (Lipinski definition) is 3. The van der Waals surface area contributed by atoms with Crippen molar-refractivity contribution in [1.82, 2.24) is 0 Å². The summed E-state index contributed by atoms with van der Waals surface area (Å²) in [6, 6.07) is 0. The summed E-state index contributed by atoms with van der Waals surface area (Å²) in [4.78, 5) is 33.1. The Kier molecular flexibility index (Phi) is 24.1. The Morgan fingerprint density at radius 1 is 0.500 bits per heavy atom. The third-order valence-electron chi connectivity index (χ3n) is 7.45. The van der Waals surface area contributed by atoms with Gasteiger partial charge in [0.05, 0.1) is 45.4 Å². The molecule has 0 fully saturated rings. The average molecular weight is 541 g/mol. The van der Waals surface area contributed by atoms with Crippen molar-refractivity contribution in [2.24, 2.45) is 0 Å². The molecular weight excluding hydrogens is 482 g/mol. The van der Waals surface area contributed by atoms with Crippen LogP contribution in [0.15, 0.2) is 12.2 Å². The van der Waals surface area contributed by atoms with Crippen LogP contribution in [0.3, 0.4) is 0 Å². The minimum Gasteiger partial charge on any atom is -0.481 e. The molecule has 0 saturated heterocycles. The van der Waals surface area contributed by atoms with E-state index in [1.807, 2.05) is 0 Å². The number of allylic oxidation sites excluding steroid dienone is 1. The van der Waals surface area contributed by atoms with Crippen molar-refractivity contribution in [2.75, 3.05) is 26.2 Å². The second kappa shape index (κ2) is 25.4. The predicted molar refractivity (Wildman–Crippen MR) is 154 cm³/mol. The summed E-state index contributed by atoms with van der Waals surface area (Å²) in [7, 11) is 0. The third kappa shape index (κ3) is 24.4. The lowest BCUT2D eigenvalue weighted by Gasteiger charge is -2.38. The number of quaternary nitrogens is 1. The molecule has 3 N–H and O–H groups in total. The monoisotopic (exact) mass is 540 g/mol. The highest BCUT2D eigenvalue weighted by atomic mass is 16.4.